The fraction of sp³-hybridized carbons (Fsp3) is 0.692. The molecule has 1 N–H and O–H groups in total. The number of nitrogens with zero attached hydrogens (tertiary/aromatic N) is 2. The van der Waals surface area contributed by atoms with Crippen molar-refractivity contribution >= 4 is 23.7 Å². The smallest absolute Gasteiger partial charge is 0.330 e. The van der Waals surface area contributed by atoms with Crippen molar-refractivity contribution in [3.8, 4) is 0 Å². The number of carbonyl (C=O) groups excluding carboxylic acids is 4. The molecule has 0 aromatic rings. The predicted octanol–water partition coefficient (Wildman–Crippen LogP) is -1.50. The molecular weight excluding hydrogens is 278 g/mol. The van der Waals surface area contributed by atoms with Crippen molar-refractivity contribution in [3.63, 3.8) is 0 Å². The first-order valence-electron chi connectivity index (χ1n) is 6.87. The zero-order valence-corrected chi connectivity index (χ0v) is 12.1. The zero-order chi connectivity index (χ0) is 15.6. The van der Waals surface area contributed by atoms with E-state index < -0.39 is 24.0 Å². The molecule has 0 aromatic heterocycles. The number of esters is 1. The summed E-state index contributed by atoms with van der Waals surface area (Å²) in [6.45, 7) is 1.76. The summed E-state index contributed by atoms with van der Waals surface area (Å²) < 4.78 is 4.62. The predicted molar refractivity (Wildman–Crippen MR) is 70.9 cm³/mol. The van der Waals surface area contributed by atoms with Crippen molar-refractivity contribution < 1.29 is 23.9 Å². The van der Waals surface area contributed by atoms with Gasteiger partial charge < -0.3 is 19.9 Å². The van der Waals surface area contributed by atoms with Crippen LogP contribution < -0.4 is 5.32 Å². The summed E-state index contributed by atoms with van der Waals surface area (Å²) in [5.41, 5.74) is 0. The van der Waals surface area contributed by atoms with Gasteiger partial charge in [0.2, 0.25) is 17.7 Å². The molecule has 21 heavy (non-hydrogen) atoms. The Morgan fingerprint density at radius 1 is 1.43 bits per heavy atom. The van der Waals surface area contributed by atoms with Crippen molar-refractivity contribution in [2.45, 2.75) is 31.8 Å². The molecule has 2 aliphatic rings. The van der Waals surface area contributed by atoms with Gasteiger partial charge in [0, 0.05) is 13.5 Å². The number of hydrogen-bond acceptors (Lipinski definition) is 5. The second-order valence-electron chi connectivity index (χ2n) is 5.24. The van der Waals surface area contributed by atoms with Crippen LogP contribution in [0.1, 0.15) is 19.8 Å². The number of fused-ring (bicyclic) bond motifs is 1. The second kappa shape index (κ2) is 6.11. The van der Waals surface area contributed by atoms with Crippen LogP contribution in [-0.4, -0.2) is 72.3 Å². The topological polar surface area (TPSA) is 96.0 Å². The van der Waals surface area contributed by atoms with Crippen molar-refractivity contribution in [2.75, 3.05) is 26.7 Å². The number of carbonyl (C=O) groups is 4. The third kappa shape index (κ3) is 3.14. The van der Waals surface area contributed by atoms with Gasteiger partial charge in [0.1, 0.15) is 12.1 Å². The molecule has 0 radical (unpaired) electrons. The third-order valence-electron chi connectivity index (χ3n) is 3.76. The van der Waals surface area contributed by atoms with E-state index >= 15 is 0 Å². The Balaban J connectivity index is 2.09. The Kier molecular flexibility index (Phi) is 4.44. The van der Waals surface area contributed by atoms with Crippen LogP contribution in [0.15, 0.2) is 0 Å². The minimum absolute atomic E-state index is 0.0544. The molecule has 2 heterocycles. The molecule has 0 bridgehead atoms. The minimum atomic E-state index is -0.961. The van der Waals surface area contributed by atoms with Gasteiger partial charge in [-0.3, -0.25) is 14.4 Å². The lowest BCUT2D eigenvalue weighted by molar-refractivity contribution is -0.156. The molecule has 0 saturated carbocycles. The normalized spacial score (nSPS) is 22.9. The highest BCUT2D eigenvalue weighted by Gasteiger charge is 2.43. The SMILES string of the molecule is COC(=O)C(CN1CC(=O)N2CCCC2C1=O)NC(C)=O. The molecule has 2 fully saturated rings. The van der Waals surface area contributed by atoms with Crippen LogP contribution in [0.2, 0.25) is 0 Å². The Morgan fingerprint density at radius 3 is 2.76 bits per heavy atom. The van der Waals surface area contributed by atoms with Gasteiger partial charge in [-0.2, -0.15) is 0 Å². The Labute approximate surface area is 122 Å². The van der Waals surface area contributed by atoms with Gasteiger partial charge >= 0.3 is 5.97 Å². The van der Waals surface area contributed by atoms with Crippen LogP contribution in [0.3, 0.4) is 0 Å². The maximum absolute atomic E-state index is 12.4. The number of piperazine rings is 1. The van der Waals surface area contributed by atoms with Crippen molar-refractivity contribution in [1.82, 2.24) is 15.1 Å². The Morgan fingerprint density at radius 2 is 2.14 bits per heavy atom. The molecule has 2 aliphatic heterocycles. The van der Waals surface area contributed by atoms with Crippen molar-refractivity contribution in [2.24, 2.45) is 0 Å². The molecule has 8 nitrogen and oxygen atoms in total. The van der Waals surface area contributed by atoms with E-state index in [1.54, 1.807) is 4.90 Å². The summed E-state index contributed by atoms with van der Waals surface area (Å²) in [6, 6.07) is -1.39. The van der Waals surface area contributed by atoms with Crippen LogP contribution in [0.5, 0.6) is 0 Å². The van der Waals surface area contributed by atoms with Gasteiger partial charge in [-0.1, -0.05) is 0 Å². The van der Waals surface area contributed by atoms with Crippen molar-refractivity contribution in [3.05, 3.63) is 0 Å². The van der Waals surface area contributed by atoms with Crippen molar-refractivity contribution in [1.29, 1.82) is 0 Å². The standard InChI is InChI=1S/C13H19N3O5/c1-8(17)14-9(13(20)21-2)6-15-7-11(18)16-5-3-4-10(16)12(15)19/h9-10H,3-7H2,1-2H3,(H,14,17). The molecular formula is C13H19N3O5. The Hall–Kier alpha value is -2.12. The highest BCUT2D eigenvalue weighted by atomic mass is 16.5. The summed E-state index contributed by atoms with van der Waals surface area (Å²) in [7, 11) is 1.21. The lowest BCUT2D eigenvalue weighted by atomic mass is 10.1. The van der Waals surface area contributed by atoms with Gasteiger partial charge in [-0.15, -0.1) is 0 Å². The van der Waals surface area contributed by atoms with Crippen LogP contribution in [0.25, 0.3) is 0 Å². The zero-order valence-electron chi connectivity index (χ0n) is 12.1. The monoisotopic (exact) mass is 297 g/mol. The second-order valence-corrected chi connectivity index (χ2v) is 5.24. The molecule has 8 heteroatoms. The van der Waals surface area contributed by atoms with E-state index in [9.17, 15) is 19.2 Å². The molecule has 2 atom stereocenters. The first-order valence-corrected chi connectivity index (χ1v) is 6.87. The highest BCUT2D eigenvalue weighted by molar-refractivity contribution is 5.96. The molecule has 3 amide bonds. The molecule has 0 aromatic carbocycles. The maximum atomic E-state index is 12.4. The number of amides is 3. The van der Waals surface area contributed by atoms with Gasteiger partial charge in [0.15, 0.2) is 0 Å². The first-order chi connectivity index (χ1) is 9.93. The van der Waals surface area contributed by atoms with E-state index in [4.69, 9.17) is 0 Å². The third-order valence-corrected chi connectivity index (χ3v) is 3.76. The highest BCUT2D eigenvalue weighted by Crippen LogP contribution is 2.23. The van der Waals surface area contributed by atoms with E-state index in [1.807, 2.05) is 0 Å². The largest absolute Gasteiger partial charge is 0.467 e. The summed E-state index contributed by atoms with van der Waals surface area (Å²) in [6.07, 6.45) is 1.45. The summed E-state index contributed by atoms with van der Waals surface area (Å²) >= 11 is 0. The van der Waals surface area contributed by atoms with Crippen LogP contribution in [-0.2, 0) is 23.9 Å². The molecule has 0 spiro atoms. The van der Waals surface area contributed by atoms with Crippen LogP contribution in [0, 0.1) is 0 Å². The molecule has 2 saturated heterocycles. The van der Waals surface area contributed by atoms with E-state index in [1.165, 1.54) is 18.9 Å². The maximum Gasteiger partial charge on any atom is 0.330 e. The quantitative estimate of drug-likeness (QED) is 0.637. The fourth-order valence-corrected chi connectivity index (χ4v) is 2.81. The molecule has 0 aliphatic carbocycles. The number of hydrogen-bond donors (Lipinski definition) is 1. The van der Waals surface area contributed by atoms with E-state index in [2.05, 4.69) is 10.1 Å². The molecule has 116 valence electrons. The number of ether oxygens (including phenoxy) is 1. The molecule has 2 rings (SSSR count). The number of methoxy groups -OCH3 is 1. The molecule has 2 unspecified atom stereocenters. The number of rotatable bonds is 4. The average molecular weight is 297 g/mol. The lowest BCUT2D eigenvalue weighted by Crippen LogP contribution is -2.60. The van der Waals surface area contributed by atoms with E-state index in [0.29, 0.717) is 13.0 Å². The summed E-state index contributed by atoms with van der Waals surface area (Å²) in [5, 5.41) is 2.44. The fourth-order valence-electron chi connectivity index (χ4n) is 2.81. The van der Waals surface area contributed by atoms with E-state index in [-0.39, 0.29) is 24.9 Å². The number of nitrogens with one attached hydrogen (secondary N) is 1. The van der Waals surface area contributed by atoms with Gasteiger partial charge in [0.25, 0.3) is 0 Å². The van der Waals surface area contributed by atoms with Gasteiger partial charge in [-0.25, -0.2) is 4.79 Å². The lowest BCUT2D eigenvalue weighted by Gasteiger charge is -2.37. The van der Waals surface area contributed by atoms with Crippen LogP contribution in [0.4, 0.5) is 0 Å². The van der Waals surface area contributed by atoms with Gasteiger partial charge in [0.05, 0.1) is 20.2 Å². The van der Waals surface area contributed by atoms with Gasteiger partial charge in [-0.05, 0) is 12.8 Å². The summed E-state index contributed by atoms with van der Waals surface area (Å²) in [5.74, 6) is -1.34. The summed E-state index contributed by atoms with van der Waals surface area (Å²) in [4.78, 5) is 50.1. The van der Waals surface area contributed by atoms with E-state index in [0.717, 1.165) is 6.42 Å². The minimum Gasteiger partial charge on any atom is -0.467 e. The van der Waals surface area contributed by atoms with Crippen LogP contribution >= 0.6 is 0 Å². The first kappa shape index (κ1) is 15.3. The Bertz CT molecular complexity index is 478. The average Bonchev–Trinajstić information content (AvgIpc) is 2.92.